The molecule has 4 nitrogen and oxygen atoms in total. The number of aliphatic hydroxyl groups excluding tert-OH is 2. The van der Waals surface area contributed by atoms with Crippen LogP contribution < -0.4 is 0 Å². The highest BCUT2D eigenvalue weighted by molar-refractivity contribution is 5.87. The van der Waals surface area contributed by atoms with Gasteiger partial charge in [-0.2, -0.15) is 0 Å². The van der Waals surface area contributed by atoms with Gasteiger partial charge in [0.25, 0.3) is 0 Å². The molecule has 4 heteroatoms. The highest BCUT2D eigenvalue weighted by Gasteiger charge is 2.85. The lowest BCUT2D eigenvalue weighted by molar-refractivity contribution is -0.211. The molecule has 142 valence electrons. The molecule has 5 saturated carbocycles. The molecule has 0 aromatic heterocycles. The zero-order chi connectivity index (χ0) is 18.2. The van der Waals surface area contributed by atoms with E-state index >= 15 is 0 Å². The standard InChI is InChI=1S/C22H31NO3/c1-4-23-10-20(3)6-5-17(25)22-15(20)7-13(18(22)23)21-9-12(11(2)19(21)26)14(24)8-16(21)22/h12-13,15-19,25-26H,2,4-10H2,1,3H3/t12-,13-,15+,16-,17-,18+,19+,20-,21+,22-/m0/s1. The molecule has 2 spiro atoms. The Labute approximate surface area is 155 Å². The Hall–Kier alpha value is -0.710. The van der Waals surface area contributed by atoms with E-state index in [1.807, 2.05) is 0 Å². The third-order valence-electron chi connectivity index (χ3n) is 10.4. The number of aliphatic hydroxyl groups is 2. The molecule has 7 bridgehead atoms. The van der Waals surface area contributed by atoms with E-state index < -0.39 is 6.10 Å². The summed E-state index contributed by atoms with van der Waals surface area (Å²) >= 11 is 0. The maximum Gasteiger partial charge on any atom is 0.140 e. The second-order valence-electron chi connectivity index (χ2n) is 10.7. The summed E-state index contributed by atoms with van der Waals surface area (Å²) in [5, 5.41) is 22.8. The van der Waals surface area contributed by atoms with Gasteiger partial charge in [0.1, 0.15) is 5.78 Å². The van der Waals surface area contributed by atoms with Crippen LogP contribution in [0.25, 0.3) is 0 Å². The van der Waals surface area contributed by atoms with E-state index in [0.29, 0.717) is 24.3 Å². The summed E-state index contributed by atoms with van der Waals surface area (Å²) in [6.45, 7) is 10.9. The van der Waals surface area contributed by atoms with Crippen LogP contribution >= 0.6 is 0 Å². The minimum absolute atomic E-state index is 0.130. The van der Waals surface area contributed by atoms with Crippen molar-refractivity contribution in [1.82, 2.24) is 4.90 Å². The Morgan fingerprint density at radius 2 is 2.08 bits per heavy atom. The van der Waals surface area contributed by atoms with E-state index in [1.54, 1.807) is 0 Å². The summed E-state index contributed by atoms with van der Waals surface area (Å²) in [4.78, 5) is 15.6. The molecule has 1 aliphatic heterocycles. The van der Waals surface area contributed by atoms with Crippen LogP contribution in [0.1, 0.15) is 46.0 Å². The predicted octanol–water partition coefficient (Wildman–Crippen LogP) is 2.00. The average molecular weight is 357 g/mol. The van der Waals surface area contributed by atoms with Crippen LogP contribution in [0.2, 0.25) is 0 Å². The molecule has 0 aromatic carbocycles. The Bertz CT molecular complexity index is 735. The number of likely N-dealkylation sites (tertiary alicyclic amines) is 1. The van der Waals surface area contributed by atoms with Crippen molar-refractivity contribution >= 4 is 5.78 Å². The second kappa shape index (κ2) is 4.47. The summed E-state index contributed by atoms with van der Waals surface area (Å²) in [5.74, 6) is 1.16. The van der Waals surface area contributed by atoms with Crippen LogP contribution in [0.3, 0.4) is 0 Å². The van der Waals surface area contributed by atoms with Crippen molar-refractivity contribution < 1.29 is 15.0 Å². The summed E-state index contributed by atoms with van der Waals surface area (Å²) in [6.07, 6.45) is 3.50. The van der Waals surface area contributed by atoms with Crippen molar-refractivity contribution in [1.29, 1.82) is 0 Å². The molecule has 10 atom stereocenters. The van der Waals surface area contributed by atoms with Crippen LogP contribution in [0, 0.1) is 39.9 Å². The van der Waals surface area contributed by atoms with Crippen molar-refractivity contribution in [2.24, 2.45) is 39.9 Å². The summed E-state index contributed by atoms with van der Waals surface area (Å²) in [5.41, 5.74) is 0.598. The molecule has 6 rings (SSSR count). The Balaban J connectivity index is 1.62. The van der Waals surface area contributed by atoms with Crippen LogP contribution in [0.5, 0.6) is 0 Å². The van der Waals surface area contributed by atoms with Gasteiger partial charge in [-0.05, 0) is 61.0 Å². The molecular formula is C22H31NO3. The molecule has 0 radical (unpaired) electrons. The monoisotopic (exact) mass is 357 g/mol. The molecule has 1 saturated heterocycles. The summed E-state index contributed by atoms with van der Waals surface area (Å²) in [7, 11) is 0. The van der Waals surface area contributed by atoms with E-state index in [0.717, 1.165) is 44.3 Å². The van der Waals surface area contributed by atoms with Gasteiger partial charge in [0.2, 0.25) is 0 Å². The van der Waals surface area contributed by atoms with Gasteiger partial charge < -0.3 is 10.2 Å². The lowest BCUT2D eigenvalue weighted by Gasteiger charge is -2.65. The average Bonchev–Trinajstić information content (AvgIpc) is 3.14. The lowest BCUT2D eigenvalue weighted by atomic mass is 9.43. The van der Waals surface area contributed by atoms with Crippen molar-refractivity contribution in [3.05, 3.63) is 12.2 Å². The van der Waals surface area contributed by atoms with Crippen molar-refractivity contribution in [3.8, 4) is 0 Å². The zero-order valence-electron chi connectivity index (χ0n) is 15.9. The van der Waals surface area contributed by atoms with Gasteiger partial charge in [-0.3, -0.25) is 9.69 Å². The van der Waals surface area contributed by atoms with Gasteiger partial charge >= 0.3 is 0 Å². The molecule has 6 fully saturated rings. The molecule has 2 N–H and O–H groups in total. The summed E-state index contributed by atoms with van der Waals surface area (Å²) < 4.78 is 0. The highest BCUT2D eigenvalue weighted by Crippen LogP contribution is 2.83. The quantitative estimate of drug-likeness (QED) is 0.705. The first-order valence-electron chi connectivity index (χ1n) is 10.6. The van der Waals surface area contributed by atoms with Crippen molar-refractivity contribution in [3.63, 3.8) is 0 Å². The number of carbonyl (C=O) groups excluding carboxylic acids is 1. The van der Waals surface area contributed by atoms with Gasteiger partial charge in [0, 0.05) is 35.8 Å². The molecule has 0 amide bonds. The normalized spacial score (nSPS) is 62.7. The SMILES string of the molecule is C=C1[C@@H]2C[C@@]3([C@@H]1O)[C@H]1C[C@@H]4[C@@]5(C)CC[C@H](O)[C@@]4([C@@H]1N(CC)C5)[C@H]3CC2=O. The number of fused-ring (bicyclic) bond motifs is 1. The van der Waals surface area contributed by atoms with Gasteiger partial charge in [-0.15, -0.1) is 0 Å². The summed E-state index contributed by atoms with van der Waals surface area (Å²) in [6, 6.07) is 0.331. The van der Waals surface area contributed by atoms with Crippen LogP contribution in [-0.2, 0) is 4.79 Å². The molecule has 1 heterocycles. The third-order valence-corrected chi connectivity index (χ3v) is 10.4. The van der Waals surface area contributed by atoms with Gasteiger partial charge in [0.05, 0.1) is 12.2 Å². The lowest BCUT2D eigenvalue weighted by Crippen LogP contribution is -2.68. The van der Waals surface area contributed by atoms with E-state index in [1.165, 1.54) is 0 Å². The first-order valence-corrected chi connectivity index (χ1v) is 10.6. The molecule has 6 aliphatic rings. The largest absolute Gasteiger partial charge is 0.392 e. The number of hydrogen-bond donors (Lipinski definition) is 2. The van der Waals surface area contributed by atoms with Gasteiger partial charge in [-0.25, -0.2) is 0 Å². The maximum absolute atomic E-state index is 13.0. The fourth-order valence-corrected chi connectivity index (χ4v) is 9.75. The minimum atomic E-state index is -0.561. The first-order chi connectivity index (χ1) is 12.3. The molecule has 0 aromatic rings. The van der Waals surface area contributed by atoms with E-state index in [-0.39, 0.29) is 40.0 Å². The van der Waals surface area contributed by atoms with Crippen LogP contribution in [-0.4, -0.2) is 52.2 Å². The van der Waals surface area contributed by atoms with E-state index in [2.05, 4.69) is 25.3 Å². The van der Waals surface area contributed by atoms with Crippen molar-refractivity contribution in [2.75, 3.05) is 13.1 Å². The number of ketones is 1. The number of piperidine rings is 1. The first kappa shape index (κ1) is 16.3. The fraction of sp³-hybridized carbons (Fsp3) is 0.864. The molecule has 26 heavy (non-hydrogen) atoms. The van der Waals surface area contributed by atoms with Crippen molar-refractivity contribution in [2.45, 2.75) is 64.2 Å². The third kappa shape index (κ3) is 1.33. The number of hydrogen-bond acceptors (Lipinski definition) is 4. The second-order valence-corrected chi connectivity index (χ2v) is 10.7. The Morgan fingerprint density at radius 3 is 2.81 bits per heavy atom. The predicted molar refractivity (Wildman–Crippen MR) is 97.2 cm³/mol. The molecule has 0 unspecified atom stereocenters. The van der Waals surface area contributed by atoms with Gasteiger partial charge in [-0.1, -0.05) is 20.4 Å². The minimum Gasteiger partial charge on any atom is -0.392 e. The zero-order valence-corrected chi connectivity index (χ0v) is 15.9. The van der Waals surface area contributed by atoms with Crippen LogP contribution in [0.15, 0.2) is 12.2 Å². The molecule has 5 aliphatic carbocycles. The smallest absolute Gasteiger partial charge is 0.140 e. The molecular weight excluding hydrogens is 326 g/mol. The fourth-order valence-electron chi connectivity index (χ4n) is 9.75. The van der Waals surface area contributed by atoms with E-state index in [9.17, 15) is 15.0 Å². The number of rotatable bonds is 1. The number of Topliss-reactive ketones (excluding diaryl/α,β-unsaturated/α-hetero) is 1. The number of carbonyl (C=O) groups is 1. The Kier molecular flexibility index (Phi) is 2.80. The highest BCUT2D eigenvalue weighted by atomic mass is 16.3. The topological polar surface area (TPSA) is 60.8 Å². The van der Waals surface area contributed by atoms with Gasteiger partial charge in [0.15, 0.2) is 0 Å². The maximum atomic E-state index is 13.0. The Morgan fingerprint density at radius 1 is 1.31 bits per heavy atom. The number of nitrogens with zero attached hydrogens (tertiary/aromatic N) is 1. The van der Waals surface area contributed by atoms with Crippen LogP contribution in [0.4, 0.5) is 0 Å². The van der Waals surface area contributed by atoms with E-state index in [4.69, 9.17) is 0 Å².